The van der Waals surface area contributed by atoms with Gasteiger partial charge in [0.05, 0.1) is 34.3 Å². The van der Waals surface area contributed by atoms with Gasteiger partial charge in [-0.05, 0) is 56.9 Å². The highest BCUT2D eigenvalue weighted by molar-refractivity contribution is 9.10. The fourth-order valence-electron chi connectivity index (χ4n) is 2.74. The van der Waals surface area contributed by atoms with E-state index in [2.05, 4.69) is 26.5 Å². The van der Waals surface area contributed by atoms with E-state index in [1.807, 2.05) is 42.5 Å². The van der Waals surface area contributed by atoms with Gasteiger partial charge in [-0.25, -0.2) is 5.43 Å². The molecule has 0 aromatic heterocycles. The second kappa shape index (κ2) is 11.2. The first-order chi connectivity index (χ1) is 15.0. The highest BCUT2D eigenvalue weighted by Gasteiger charge is 2.12. The number of ether oxygens (including phenoxy) is 2. The van der Waals surface area contributed by atoms with Gasteiger partial charge in [0.1, 0.15) is 6.61 Å². The van der Waals surface area contributed by atoms with Gasteiger partial charge in [-0.3, -0.25) is 4.79 Å². The maximum Gasteiger partial charge on any atom is 0.244 e. The molecule has 0 fully saturated rings. The van der Waals surface area contributed by atoms with Crippen molar-refractivity contribution in [1.82, 2.24) is 5.43 Å². The number of rotatable bonds is 8. The lowest BCUT2D eigenvalue weighted by Gasteiger charge is -2.14. The molecule has 0 spiro atoms. The van der Waals surface area contributed by atoms with E-state index in [0.717, 1.165) is 16.7 Å². The molecule has 3 aromatic rings. The van der Waals surface area contributed by atoms with Gasteiger partial charge < -0.3 is 9.47 Å². The molecule has 8 heteroatoms. The summed E-state index contributed by atoms with van der Waals surface area (Å²) in [6.07, 6.45) is 1.80. The third-order valence-electron chi connectivity index (χ3n) is 4.23. The van der Waals surface area contributed by atoms with E-state index >= 15 is 0 Å². The third-order valence-corrected chi connectivity index (χ3v) is 5.56. The van der Waals surface area contributed by atoms with Gasteiger partial charge in [-0.2, -0.15) is 5.10 Å². The van der Waals surface area contributed by atoms with Crippen LogP contribution in [-0.4, -0.2) is 19.2 Å². The predicted octanol–water partition coefficient (Wildman–Crippen LogP) is 6.04. The van der Waals surface area contributed by atoms with Crippen LogP contribution in [0.15, 0.2) is 70.2 Å². The number of halogens is 3. The largest absolute Gasteiger partial charge is 0.493 e. The highest BCUT2D eigenvalue weighted by Crippen LogP contribution is 2.37. The van der Waals surface area contributed by atoms with Gasteiger partial charge in [0.15, 0.2) is 11.5 Å². The summed E-state index contributed by atoms with van der Waals surface area (Å²) < 4.78 is 12.1. The van der Waals surface area contributed by atoms with Crippen molar-refractivity contribution in [2.24, 2.45) is 5.10 Å². The zero-order valence-electron chi connectivity index (χ0n) is 16.6. The van der Waals surface area contributed by atoms with E-state index in [9.17, 15) is 4.79 Å². The normalized spacial score (nSPS) is 10.8. The molecule has 0 atom stereocenters. The number of nitrogens with one attached hydrogen (secondary N) is 1. The quantitative estimate of drug-likeness (QED) is 0.290. The Morgan fingerprint density at radius 3 is 2.55 bits per heavy atom. The monoisotopic (exact) mass is 520 g/mol. The van der Waals surface area contributed by atoms with Gasteiger partial charge in [0.25, 0.3) is 0 Å². The van der Waals surface area contributed by atoms with Crippen molar-refractivity contribution in [3.05, 3.63) is 91.9 Å². The summed E-state index contributed by atoms with van der Waals surface area (Å²) in [5, 5.41) is 4.98. The van der Waals surface area contributed by atoms with Crippen molar-refractivity contribution >= 4 is 51.3 Å². The molecule has 1 N–H and O–H groups in total. The third kappa shape index (κ3) is 6.72. The number of nitrogens with zero attached hydrogens (tertiary/aromatic N) is 1. The molecule has 0 aliphatic carbocycles. The summed E-state index contributed by atoms with van der Waals surface area (Å²) in [7, 11) is 1.55. The number of hydrogen-bond acceptors (Lipinski definition) is 4. The Bertz CT molecular complexity index is 1090. The van der Waals surface area contributed by atoms with E-state index < -0.39 is 0 Å². The molecule has 0 saturated carbocycles. The van der Waals surface area contributed by atoms with Crippen molar-refractivity contribution in [2.45, 2.75) is 13.0 Å². The molecule has 0 radical (unpaired) electrons. The number of hydrogen-bond donors (Lipinski definition) is 1. The molecule has 0 aliphatic heterocycles. The lowest BCUT2D eigenvalue weighted by atomic mass is 10.1. The van der Waals surface area contributed by atoms with Gasteiger partial charge in [-0.1, -0.05) is 59.6 Å². The topological polar surface area (TPSA) is 59.9 Å². The van der Waals surface area contributed by atoms with Gasteiger partial charge in [0, 0.05) is 0 Å². The molecule has 3 rings (SSSR count). The maximum absolute atomic E-state index is 12.0. The SMILES string of the molecule is COc1cc(/C=N/NC(=O)Cc2ccccc2)cc(Br)c1OCc1ccc(Cl)c(Cl)c1. The van der Waals surface area contributed by atoms with Crippen LogP contribution >= 0.6 is 39.1 Å². The Kier molecular flexibility index (Phi) is 8.35. The molecule has 0 bridgehead atoms. The predicted molar refractivity (Wildman–Crippen MR) is 127 cm³/mol. The molecule has 3 aromatic carbocycles. The first-order valence-corrected chi connectivity index (χ1v) is 10.8. The zero-order chi connectivity index (χ0) is 22.2. The molecule has 5 nitrogen and oxygen atoms in total. The van der Waals surface area contributed by atoms with E-state index in [0.29, 0.717) is 26.0 Å². The summed E-state index contributed by atoms with van der Waals surface area (Å²) in [6.45, 7) is 0.287. The number of amides is 1. The maximum atomic E-state index is 12.0. The van der Waals surface area contributed by atoms with Crippen LogP contribution in [0.4, 0.5) is 0 Å². The smallest absolute Gasteiger partial charge is 0.244 e. The van der Waals surface area contributed by atoms with Gasteiger partial charge >= 0.3 is 0 Å². The van der Waals surface area contributed by atoms with Crippen LogP contribution in [0.2, 0.25) is 10.0 Å². The minimum absolute atomic E-state index is 0.199. The lowest BCUT2D eigenvalue weighted by Crippen LogP contribution is -2.19. The van der Waals surface area contributed by atoms with Crippen LogP contribution in [0.3, 0.4) is 0 Å². The molecule has 31 heavy (non-hydrogen) atoms. The van der Waals surface area contributed by atoms with E-state index in [1.165, 1.54) is 0 Å². The highest BCUT2D eigenvalue weighted by atomic mass is 79.9. The van der Waals surface area contributed by atoms with Crippen molar-refractivity contribution < 1.29 is 14.3 Å². The van der Waals surface area contributed by atoms with Crippen molar-refractivity contribution in [3.8, 4) is 11.5 Å². The summed E-state index contributed by atoms with van der Waals surface area (Å²) in [5.41, 5.74) is 5.04. The van der Waals surface area contributed by atoms with Crippen LogP contribution in [0.25, 0.3) is 0 Å². The summed E-state index contributed by atoms with van der Waals surface area (Å²) >= 11 is 15.5. The lowest BCUT2D eigenvalue weighted by molar-refractivity contribution is -0.120. The molecule has 160 valence electrons. The molecule has 1 amide bonds. The van der Waals surface area contributed by atoms with Crippen molar-refractivity contribution in [1.29, 1.82) is 0 Å². The number of methoxy groups -OCH3 is 1. The van der Waals surface area contributed by atoms with Crippen LogP contribution in [0, 0.1) is 0 Å². The molecule has 0 heterocycles. The first-order valence-electron chi connectivity index (χ1n) is 9.26. The Balaban J connectivity index is 1.64. The van der Waals surface area contributed by atoms with Crippen LogP contribution in [-0.2, 0) is 17.8 Å². The molecular formula is C23H19BrCl2N2O3. The summed E-state index contributed by atoms with van der Waals surface area (Å²) in [5.74, 6) is 0.861. The first kappa shape index (κ1) is 23.1. The van der Waals surface area contributed by atoms with Crippen LogP contribution in [0.1, 0.15) is 16.7 Å². The van der Waals surface area contributed by atoms with Gasteiger partial charge in [0.2, 0.25) is 5.91 Å². The second-order valence-corrected chi connectivity index (χ2v) is 8.20. The number of carbonyl (C=O) groups is 1. The Morgan fingerprint density at radius 2 is 1.84 bits per heavy atom. The van der Waals surface area contributed by atoms with E-state index in [-0.39, 0.29) is 18.9 Å². The fraction of sp³-hybridized carbons (Fsp3) is 0.130. The summed E-state index contributed by atoms with van der Waals surface area (Å²) in [4.78, 5) is 12.0. The molecule has 0 unspecified atom stereocenters. The van der Waals surface area contributed by atoms with E-state index in [1.54, 1.807) is 31.5 Å². The van der Waals surface area contributed by atoms with Crippen LogP contribution < -0.4 is 14.9 Å². The standard InChI is InChI=1S/C23H19BrCl2N2O3/c1-30-21-11-17(13-27-28-22(29)12-15-5-3-2-4-6-15)9-18(24)23(21)31-14-16-7-8-19(25)20(26)10-16/h2-11,13H,12,14H2,1H3,(H,28,29)/b27-13+. The molecule has 0 saturated heterocycles. The zero-order valence-corrected chi connectivity index (χ0v) is 19.7. The fourth-order valence-corrected chi connectivity index (χ4v) is 3.63. The Hall–Kier alpha value is -2.54. The number of benzene rings is 3. The molecule has 0 aliphatic rings. The molecular weight excluding hydrogens is 503 g/mol. The number of hydrazone groups is 1. The Morgan fingerprint density at radius 1 is 1.06 bits per heavy atom. The second-order valence-electron chi connectivity index (χ2n) is 6.53. The number of carbonyl (C=O) groups excluding carboxylic acids is 1. The van der Waals surface area contributed by atoms with Crippen LogP contribution in [0.5, 0.6) is 11.5 Å². The minimum atomic E-state index is -0.199. The van der Waals surface area contributed by atoms with Crippen molar-refractivity contribution in [3.63, 3.8) is 0 Å². The minimum Gasteiger partial charge on any atom is -0.493 e. The van der Waals surface area contributed by atoms with Gasteiger partial charge in [-0.15, -0.1) is 0 Å². The van der Waals surface area contributed by atoms with Crippen molar-refractivity contribution in [2.75, 3.05) is 7.11 Å². The Labute approximate surface area is 199 Å². The van der Waals surface area contributed by atoms with E-state index in [4.69, 9.17) is 32.7 Å². The average Bonchev–Trinajstić information content (AvgIpc) is 2.75. The average molecular weight is 522 g/mol. The summed E-state index contributed by atoms with van der Waals surface area (Å²) in [6, 6.07) is 18.4.